The van der Waals surface area contributed by atoms with Crippen molar-refractivity contribution >= 4 is 17.8 Å². The zero-order valence-corrected chi connectivity index (χ0v) is 13.2. The van der Waals surface area contributed by atoms with E-state index in [-0.39, 0.29) is 5.57 Å². The molecule has 0 radical (unpaired) electrons. The number of halogens is 1. The van der Waals surface area contributed by atoms with E-state index in [4.69, 9.17) is 9.84 Å². The van der Waals surface area contributed by atoms with E-state index in [0.717, 1.165) is 18.4 Å². The Morgan fingerprint density at radius 2 is 1.92 bits per heavy atom. The molecular formula is C16H17FN2O5. The molecule has 3 unspecified atom stereocenters. The van der Waals surface area contributed by atoms with Gasteiger partial charge in [-0.3, -0.25) is 14.5 Å². The van der Waals surface area contributed by atoms with E-state index in [2.05, 4.69) is 11.9 Å². The highest BCUT2D eigenvalue weighted by Crippen LogP contribution is 2.33. The summed E-state index contributed by atoms with van der Waals surface area (Å²) in [6.45, 7) is 5.95. The van der Waals surface area contributed by atoms with Gasteiger partial charge in [0.2, 0.25) is 12.2 Å². The summed E-state index contributed by atoms with van der Waals surface area (Å²) >= 11 is 0. The molecule has 2 amide bonds. The summed E-state index contributed by atoms with van der Waals surface area (Å²) in [5.74, 6) is -0.694. The Morgan fingerprint density at radius 3 is 2.17 bits per heavy atom. The summed E-state index contributed by atoms with van der Waals surface area (Å²) in [6.07, 6.45) is -1.84. The number of nitrogens with one attached hydrogen (secondary N) is 1. The molecule has 7 nitrogen and oxygen atoms in total. The molecule has 4 rings (SSSR count). The van der Waals surface area contributed by atoms with Crippen LogP contribution in [0.15, 0.2) is 36.4 Å². The number of amides is 2. The maximum atomic E-state index is 13.6. The number of hydrogen-bond acceptors (Lipinski definition) is 4. The SMILES string of the molecule is C=C(C)C(C(=O)O)N1C(=O)C(NC(C)=O)C1F.c1cc2cc(c1)O2. The van der Waals surface area contributed by atoms with Crippen molar-refractivity contribution in [2.75, 3.05) is 0 Å². The van der Waals surface area contributed by atoms with Crippen LogP contribution < -0.4 is 10.1 Å². The predicted molar refractivity (Wildman–Crippen MR) is 82.1 cm³/mol. The van der Waals surface area contributed by atoms with E-state index in [0.29, 0.717) is 4.90 Å². The minimum absolute atomic E-state index is 0.148. The van der Waals surface area contributed by atoms with Gasteiger partial charge < -0.3 is 15.2 Å². The number of fused-ring (bicyclic) bond motifs is 2. The first-order chi connectivity index (χ1) is 11.2. The third-order valence-corrected chi connectivity index (χ3v) is 3.44. The fourth-order valence-corrected chi connectivity index (χ4v) is 2.34. The van der Waals surface area contributed by atoms with Crippen LogP contribution in [0.5, 0.6) is 11.5 Å². The number of β-lactam (4-membered cyclic amide) rings is 1. The highest BCUT2D eigenvalue weighted by molar-refractivity contribution is 5.96. The number of ether oxygens (including phenoxy) is 1. The molecule has 0 spiro atoms. The summed E-state index contributed by atoms with van der Waals surface area (Å²) < 4.78 is 18.6. The Bertz CT molecular complexity index is 667. The Morgan fingerprint density at radius 1 is 1.38 bits per heavy atom. The van der Waals surface area contributed by atoms with Crippen LogP contribution in [0.2, 0.25) is 0 Å². The number of carbonyl (C=O) groups excluding carboxylic acids is 2. The summed E-state index contributed by atoms with van der Waals surface area (Å²) in [5.41, 5.74) is 0.148. The molecule has 1 saturated heterocycles. The average molecular weight is 336 g/mol. The van der Waals surface area contributed by atoms with Gasteiger partial charge in [-0.1, -0.05) is 12.6 Å². The number of carboxylic acids is 1. The van der Waals surface area contributed by atoms with Gasteiger partial charge in [0.25, 0.3) is 5.91 Å². The van der Waals surface area contributed by atoms with Gasteiger partial charge in [0.15, 0.2) is 12.1 Å². The molecule has 0 aromatic heterocycles. The van der Waals surface area contributed by atoms with Crippen LogP contribution in [0.1, 0.15) is 13.8 Å². The fourth-order valence-electron chi connectivity index (χ4n) is 2.34. The molecule has 128 valence electrons. The predicted octanol–water partition coefficient (Wildman–Crippen LogP) is 1.45. The van der Waals surface area contributed by atoms with Crippen molar-refractivity contribution in [2.45, 2.75) is 32.2 Å². The molecule has 3 aliphatic heterocycles. The molecule has 3 atom stereocenters. The minimum Gasteiger partial charge on any atom is -0.479 e. The summed E-state index contributed by atoms with van der Waals surface area (Å²) in [7, 11) is 0. The summed E-state index contributed by atoms with van der Waals surface area (Å²) in [4.78, 5) is 33.7. The Kier molecular flexibility index (Phi) is 4.87. The van der Waals surface area contributed by atoms with Crippen molar-refractivity contribution in [3.63, 3.8) is 0 Å². The number of carbonyl (C=O) groups is 3. The Hall–Kier alpha value is -2.90. The standard InChI is InChI=1S/C10H13FN2O4.C6H4O/c1-4(2)7(10(16)17)13-8(11)6(9(13)15)12-5(3)14;1-2-5-4-6(3-1)7-5/h6-8H,1H2,2-3H3,(H,12,14)(H,16,17);1-4H. The van der Waals surface area contributed by atoms with Gasteiger partial charge in [0, 0.05) is 13.0 Å². The van der Waals surface area contributed by atoms with Crippen molar-refractivity contribution < 1.29 is 28.6 Å². The zero-order chi connectivity index (χ0) is 18.0. The number of rotatable bonds is 4. The van der Waals surface area contributed by atoms with E-state index in [1.807, 2.05) is 24.3 Å². The van der Waals surface area contributed by atoms with Gasteiger partial charge in [0.1, 0.15) is 11.5 Å². The highest BCUT2D eigenvalue weighted by atomic mass is 19.1. The second-order valence-corrected chi connectivity index (χ2v) is 5.46. The zero-order valence-electron chi connectivity index (χ0n) is 13.2. The molecular weight excluding hydrogens is 319 g/mol. The van der Waals surface area contributed by atoms with Gasteiger partial charge in [-0.2, -0.15) is 0 Å². The molecule has 2 N–H and O–H groups in total. The van der Waals surface area contributed by atoms with Crippen molar-refractivity contribution in [1.29, 1.82) is 0 Å². The van der Waals surface area contributed by atoms with Crippen molar-refractivity contribution in [1.82, 2.24) is 10.2 Å². The van der Waals surface area contributed by atoms with Crippen LogP contribution in [0, 0.1) is 0 Å². The Balaban J connectivity index is 0.000000242. The lowest BCUT2D eigenvalue weighted by Crippen LogP contribution is -2.72. The second-order valence-electron chi connectivity index (χ2n) is 5.46. The summed E-state index contributed by atoms with van der Waals surface area (Å²) in [6, 6.07) is 5.16. The van der Waals surface area contributed by atoms with Crippen molar-refractivity contribution in [3.8, 4) is 11.5 Å². The Labute approximate surface area is 137 Å². The molecule has 1 aromatic carbocycles. The number of carboxylic acid groups (broad SMARTS) is 1. The first-order valence-corrected chi connectivity index (χ1v) is 7.12. The van der Waals surface area contributed by atoms with E-state index < -0.39 is 36.2 Å². The van der Waals surface area contributed by atoms with Crippen LogP contribution in [-0.2, 0) is 14.4 Å². The quantitative estimate of drug-likeness (QED) is 0.500. The third kappa shape index (κ3) is 3.37. The first kappa shape index (κ1) is 17.5. The lowest BCUT2D eigenvalue weighted by Gasteiger charge is -2.45. The number of likely N-dealkylation sites (tertiary alicyclic amines) is 1. The third-order valence-electron chi connectivity index (χ3n) is 3.44. The molecule has 8 heteroatoms. The number of aliphatic carboxylic acids is 1. The number of alkyl halides is 1. The largest absolute Gasteiger partial charge is 0.479 e. The van der Waals surface area contributed by atoms with E-state index in [1.54, 1.807) is 0 Å². The normalized spacial score (nSPS) is 21.1. The topological polar surface area (TPSA) is 95.9 Å². The smallest absolute Gasteiger partial charge is 0.330 e. The van der Waals surface area contributed by atoms with Gasteiger partial charge in [0.05, 0.1) is 0 Å². The van der Waals surface area contributed by atoms with Gasteiger partial charge >= 0.3 is 5.97 Å². The molecule has 24 heavy (non-hydrogen) atoms. The van der Waals surface area contributed by atoms with Gasteiger partial charge in [-0.15, -0.1) is 0 Å². The van der Waals surface area contributed by atoms with Crippen molar-refractivity contribution in [2.24, 2.45) is 0 Å². The maximum absolute atomic E-state index is 13.6. The maximum Gasteiger partial charge on any atom is 0.330 e. The first-order valence-electron chi connectivity index (χ1n) is 7.12. The monoisotopic (exact) mass is 336 g/mol. The molecule has 0 aliphatic carbocycles. The van der Waals surface area contributed by atoms with Crippen molar-refractivity contribution in [3.05, 3.63) is 36.4 Å². The van der Waals surface area contributed by atoms with Crippen LogP contribution in [0.25, 0.3) is 0 Å². The minimum atomic E-state index is -1.84. The molecule has 1 aromatic rings. The van der Waals surface area contributed by atoms with Gasteiger partial charge in [-0.25, -0.2) is 9.18 Å². The van der Waals surface area contributed by atoms with E-state index in [1.165, 1.54) is 6.92 Å². The molecule has 3 aliphatic rings. The molecule has 3 heterocycles. The van der Waals surface area contributed by atoms with Crippen LogP contribution >= 0.6 is 0 Å². The summed E-state index contributed by atoms with van der Waals surface area (Å²) in [5, 5.41) is 11.0. The van der Waals surface area contributed by atoms with E-state index in [9.17, 15) is 18.8 Å². The van der Waals surface area contributed by atoms with Gasteiger partial charge in [-0.05, 0) is 24.6 Å². The lowest BCUT2D eigenvalue weighted by atomic mass is 9.98. The van der Waals surface area contributed by atoms with Crippen LogP contribution in [0.4, 0.5) is 4.39 Å². The number of nitrogens with zero attached hydrogens (tertiary/aromatic N) is 1. The second kappa shape index (κ2) is 6.69. The van der Waals surface area contributed by atoms with E-state index >= 15 is 0 Å². The van der Waals surface area contributed by atoms with Crippen LogP contribution in [-0.4, -0.2) is 46.2 Å². The number of hydrogen-bond donors (Lipinski definition) is 2. The van der Waals surface area contributed by atoms with Crippen LogP contribution in [0.3, 0.4) is 0 Å². The average Bonchev–Trinajstić information content (AvgIpc) is 2.49. The molecule has 1 fully saturated rings. The fraction of sp³-hybridized carbons (Fsp3) is 0.312. The lowest BCUT2D eigenvalue weighted by molar-refractivity contribution is -0.174. The molecule has 2 bridgehead atoms. The highest BCUT2D eigenvalue weighted by Gasteiger charge is 2.53. The molecule has 0 saturated carbocycles. The number of benzene rings is 1.